The average Bonchev–Trinajstić information content (AvgIpc) is 3.38. The number of hydrogen-bond donors (Lipinski definition) is 3. The number of ether oxygens (including phenoxy) is 1. The molecule has 2 aliphatic heterocycles. The molecule has 2 heterocycles. The highest BCUT2D eigenvalue weighted by atomic mass is 16.5. The van der Waals surface area contributed by atoms with Gasteiger partial charge in [-0.2, -0.15) is 0 Å². The number of hydrogen-bond acceptors (Lipinski definition) is 6. The Morgan fingerprint density at radius 2 is 1.89 bits per heavy atom. The Bertz CT molecular complexity index is 1270. The van der Waals surface area contributed by atoms with Gasteiger partial charge in [0, 0.05) is 11.5 Å². The van der Waals surface area contributed by atoms with Crippen LogP contribution in [0, 0.1) is 17.8 Å². The average molecular weight is 487 g/mol. The van der Waals surface area contributed by atoms with Gasteiger partial charge in [0.15, 0.2) is 0 Å². The number of allylic oxidation sites excluding steroid dienone is 2. The van der Waals surface area contributed by atoms with Crippen molar-refractivity contribution < 1.29 is 29.5 Å². The molecule has 1 aliphatic carbocycles. The van der Waals surface area contributed by atoms with Crippen molar-refractivity contribution in [2.75, 3.05) is 11.5 Å². The molecular formula is C28H30BNO6. The number of phenolic OH excluding ortho intramolecular Hbond substituents is 1. The van der Waals surface area contributed by atoms with Crippen molar-refractivity contribution in [1.29, 1.82) is 0 Å². The van der Waals surface area contributed by atoms with E-state index in [0.29, 0.717) is 18.7 Å². The van der Waals surface area contributed by atoms with E-state index in [9.17, 15) is 24.7 Å². The van der Waals surface area contributed by atoms with Crippen LogP contribution in [0.4, 0.5) is 5.69 Å². The number of para-hydroxylation sites is 1. The maximum atomic E-state index is 13.6. The maximum absolute atomic E-state index is 13.6. The van der Waals surface area contributed by atoms with Crippen LogP contribution in [-0.2, 0) is 14.3 Å². The molecule has 0 unspecified atom stereocenters. The van der Waals surface area contributed by atoms with Crippen molar-refractivity contribution >= 4 is 36.2 Å². The predicted octanol–water partition coefficient (Wildman–Crippen LogP) is 2.80. The number of fused-ring (bicyclic) bond motifs is 3. The molecule has 2 fully saturated rings. The highest BCUT2D eigenvalue weighted by Gasteiger charge is 2.56. The van der Waals surface area contributed by atoms with E-state index < -0.39 is 19.0 Å². The number of rotatable bonds is 6. The van der Waals surface area contributed by atoms with E-state index in [2.05, 4.69) is 0 Å². The van der Waals surface area contributed by atoms with Crippen LogP contribution < -0.4 is 10.4 Å². The third kappa shape index (κ3) is 4.30. The molecule has 2 aromatic carbocycles. The van der Waals surface area contributed by atoms with Crippen LogP contribution >= 0.6 is 0 Å². The Labute approximate surface area is 210 Å². The Hall–Kier alpha value is -3.20. The Balaban J connectivity index is 1.34. The van der Waals surface area contributed by atoms with Crippen LogP contribution in [0.2, 0.25) is 0 Å². The maximum Gasteiger partial charge on any atom is 0.488 e. The molecule has 2 saturated heterocycles. The Kier molecular flexibility index (Phi) is 6.59. The third-order valence-corrected chi connectivity index (χ3v) is 7.72. The van der Waals surface area contributed by atoms with Gasteiger partial charge in [0.1, 0.15) is 5.75 Å². The molecule has 4 atom stereocenters. The third-order valence-electron chi connectivity index (χ3n) is 7.72. The molecule has 0 saturated carbocycles. The summed E-state index contributed by atoms with van der Waals surface area (Å²) in [4.78, 5) is 28.1. The van der Waals surface area contributed by atoms with Crippen molar-refractivity contribution in [1.82, 2.24) is 0 Å². The standard InChI is InChI=1S/C28H30BNO6/c1-16(12-18-6-3-4-9-23(18)31)10-11-24-25-17(2)13-21-26(22(25)15-36-24)28(33)30(27(21)32)20-8-5-7-19(14-20)29(34)35/h3-9,12,14,21-22,24,26,31,34-35H,10-11,13,15H2,1-2H3/b16-12+/t21-,22+,24-,26-/m1/s1. The van der Waals surface area contributed by atoms with Gasteiger partial charge >= 0.3 is 7.12 Å². The summed E-state index contributed by atoms with van der Waals surface area (Å²) >= 11 is 0. The van der Waals surface area contributed by atoms with Crippen molar-refractivity contribution in [2.24, 2.45) is 17.8 Å². The summed E-state index contributed by atoms with van der Waals surface area (Å²) in [7, 11) is -1.68. The van der Waals surface area contributed by atoms with E-state index in [4.69, 9.17) is 4.74 Å². The molecule has 36 heavy (non-hydrogen) atoms. The number of imide groups is 1. The van der Waals surface area contributed by atoms with Crippen LogP contribution in [0.25, 0.3) is 6.08 Å². The number of carbonyl (C=O) groups excluding carboxylic acids is 2. The minimum Gasteiger partial charge on any atom is -0.507 e. The van der Waals surface area contributed by atoms with Crippen molar-refractivity contribution in [3.05, 3.63) is 70.8 Å². The Morgan fingerprint density at radius 1 is 1.11 bits per heavy atom. The molecule has 5 rings (SSSR count). The minimum absolute atomic E-state index is 0.103. The molecule has 0 spiro atoms. The van der Waals surface area contributed by atoms with Crippen molar-refractivity contribution in [2.45, 2.75) is 39.2 Å². The van der Waals surface area contributed by atoms with Crippen LogP contribution in [-0.4, -0.2) is 46.8 Å². The number of carbonyl (C=O) groups is 2. The van der Waals surface area contributed by atoms with Crippen LogP contribution in [0.5, 0.6) is 5.75 Å². The van der Waals surface area contributed by atoms with Crippen LogP contribution in [0.1, 0.15) is 38.7 Å². The van der Waals surface area contributed by atoms with Gasteiger partial charge in [-0.15, -0.1) is 0 Å². The van der Waals surface area contributed by atoms with Gasteiger partial charge in [0.05, 0.1) is 30.2 Å². The zero-order chi connectivity index (χ0) is 25.6. The van der Waals surface area contributed by atoms with Crippen molar-refractivity contribution in [3.8, 4) is 5.75 Å². The Morgan fingerprint density at radius 3 is 2.64 bits per heavy atom. The highest BCUT2D eigenvalue weighted by molar-refractivity contribution is 6.58. The van der Waals surface area contributed by atoms with E-state index in [1.54, 1.807) is 30.3 Å². The highest BCUT2D eigenvalue weighted by Crippen LogP contribution is 2.50. The number of phenols is 1. The second kappa shape index (κ2) is 9.69. The predicted molar refractivity (Wildman–Crippen MR) is 137 cm³/mol. The number of amides is 2. The molecular weight excluding hydrogens is 457 g/mol. The topological polar surface area (TPSA) is 107 Å². The first-order valence-corrected chi connectivity index (χ1v) is 12.4. The minimum atomic E-state index is -1.68. The number of aromatic hydroxyl groups is 1. The largest absolute Gasteiger partial charge is 0.507 e. The summed E-state index contributed by atoms with van der Waals surface area (Å²) in [6.45, 7) is 4.47. The first kappa shape index (κ1) is 24.5. The molecule has 2 aromatic rings. The van der Waals surface area contributed by atoms with E-state index in [1.165, 1.54) is 11.0 Å². The molecule has 3 N–H and O–H groups in total. The number of benzene rings is 2. The monoisotopic (exact) mass is 487 g/mol. The van der Waals surface area contributed by atoms with Crippen LogP contribution in [0.15, 0.2) is 65.3 Å². The second-order valence-electron chi connectivity index (χ2n) is 10.1. The zero-order valence-electron chi connectivity index (χ0n) is 20.4. The van der Waals surface area contributed by atoms with Gasteiger partial charge in [-0.25, -0.2) is 0 Å². The van der Waals surface area contributed by atoms with Gasteiger partial charge in [0.2, 0.25) is 11.8 Å². The fourth-order valence-electron chi connectivity index (χ4n) is 6.01. The molecule has 8 heteroatoms. The summed E-state index contributed by atoms with van der Waals surface area (Å²) in [5.74, 6) is -1.27. The lowest BCUT2D eigenvalue weighted by Gasteiger charge is -2.30. The normalized spacial score (nSPS) is 25.9. The fourth-order valence-corrected chi connectivity index (χ4v) is 6.01. The van der Waals surface area contributed by atoms with Crippen LogP contribution in [0.3, 0.4) is 0 Å². The molecule has 3 aliphatic rings. The lowest BCUT2D eigenvalue weighted by atomic mass is 9.70. The SMILES string of the molecule is CC1=C2[C@@H](CC/C(C)=C/c3ccccc3O)OC[C@@H]2[C@@H]2C(=O)N(c3cccc(B(O)O)c3)C(=O)[C@@H]2C1. The van der Waals surface area contributed by atoms with E-state index in [1.807, 2.05) is 32.1 Å². The molecule has 0 radical (unpaired) electrons. The van der Waals surface area contributed by atoms with Gasteiger partial charge in [-0.1, -0.05) is 47.6 Å². The first-order valence-electron chi connectivity index (χ1n) is 12.4. The van der Waals surface area contributed by atoms with E-state index in [0.717, 1.165) is 35.1 Å². The molecule has 0 bridgehead atoms. The lowest BCUT2D eigenvalue weighted by molar-refractivity contribution is -0.122. The van der Waals surface area contributed by atoms with Gasteiger partial charge < -0.3 is 19.9 Å². The summed E-state index contributed by atoms with van der Waals surface area (Å²) in [6.07, 6.45) is 3.94. The van der Waals surface area contributed by atoms with E-state index >= 15 is 0 Å². The van der Waals surface area contributed by atoms with Crippen molar-refractivity contribution in [3.63, 3.8) is 0 Å². The van der Waals surface area contributed by atoms with Gasteiger partial charge in [-0.05, 0) is 62.3 Å². The fraction of sp³-hybridized carbons (Fsp3) is 0.357. The molecule has 7 nitrogen and oxygen atoms in total. The lowest BCUT2D eigenvalue weighted by Crippen LogP contribution is -2.35. The summed E-state index contributed by atoms with van der Waals surface area (Å²) in [5, 5.41) is 29.1. The van der Waals surface area contributed by atoms with Gasteiger partial charge in [-0.3, -0.25) is 14.5 Å². The molecule has 186 valence electrons. The smallest absolute Gasteiger partial charge is 0.488 e. The molecule has 2 amide bonds. The van der Waals surface area contributed by atoms with Gasteiger partial charge in [0.25, 0.3) is 0 Å². The number of nitrogens with zero attached hydrogens (tertiary/aromatic N) is 1. The summed E-state index contributed by atoms with van der Waals surface area (Å²) in [6, 6.07) is 13.5. The second-order valence-corrected chi connectivity index (χ2v) is 10.1. The zero-order valence-corrected chi connectivity index (χ0v) is 20.4. The van der Waals surface area contributed by atoms with E-state index in [-0.39, 0.29) is 35.0 Å². The molecule has 0 aromatic heterocycles. The summed E-state index contributed by atoms with van der Waals surface area (Å²) in [5.41, 5.74) is 4.77. The first-order chi connectivity index (χ1) is 17.3. The summed E-state index contributed by atoms with van der Waals surface area (Å²) < 4.78 is 6.20. The number of anilines is 1. The quantitative estimate of drug-likeness (QED) is 0.329.